The summed E-state index contributed by atoms with van der Waals surface area (Å²) in [6.45, 7) is 6.69. The van der Waals surface area contributed by atoms with Gasteiger partial charge < -0.3 is 14.2 Å². The normalized spacial score (nSPS) is 12.0. The van der Waals surface area contributed by atoms with Crippen LogP contribution in [0.15, 0.2) is 12.2 Å². The Morgan fingerprint density at radius 3 is 0.654 bits per heavy atom. The van der Waals surface area contributed by atoms with Crippen molar-refractivity contribution in [3.05, 3.63) is 12.2 Å². The number of rotatable bonds is 70. The van der Waals surface area contributed by atoms with Crippen LogP contribution in [0.4, 0.5) is 0 Å². The van der Waals surface area contributed by atoms with Crippen molar-refractivity contribution >= 4 is 17.9 Å². The Hall–Kier alpha value is -1.85. The molecule has 0 radical (unpaired) electrons. The third-order valence-corrected chi connectivity index (χ3v) is 17.3. The van der Waals surface area contributed by atoms with Gasteiger partial charge >= 0.3 is 17.9 Å². The summed E-state index contributed by atoms with van der Waals surface area (Å²) in [5.74, 6) is -0.841. The first-order chi connectivity index (χ1) is 40.0. The SMILES string of the molecule is CCCC/C=C\CCCCCCCC(=O)OCC(COC(=O)CCCCCCCCCCCCCCCCCCCCCCCCCCCCCCCC)OC(=O)CCCCCCCCCCCCCCCCCCCCCCCC. The number of unbranched alkanes of at least 4 members (excludes halogenated alkanes) is 57. The Bertz CT molecular complexity index is 1260. The van der Waals surface area contributed by atoms with Crippen LogP contribution in [0.5, 0.6) is 0 Å². The van der Waals surface area contributed by atoms with Gasteiger partial charge in [0.2, 0.25) is 0 Å². The van der Waals surface area contributed by atoms with E-state index in [4.69, 9.17) is 14.2 Å². The van der Waals surface area contributed by atoms with Crippen LogP contribution in [0, 0.1) is 0 Å². The molecule has 480 valence electrons. The predicted octanol–water partition coefficient (Wildman–Crippen LogP) is 25.6. The smallest absolute Gasteiger partial charge is 0.306 e. The van der Waals surface area contributed by atoms with Crippen molar-refractivity contribution in [3.63, 3.8) is 0 Å². The fraction of sp³-hybridized carbons (Fsp3) is 0.933. The standard InChI is InChI=1S/C75H144O6/c1-4-7-10-13-16-19-22-24-26-28-30-32-34-35-36-37-38-39-40-41-43-44-46-48-50-53-56-59-62-65-68-74(77)80-71-72(70-79-73(76)67-64-61-58-55-52-21-18-15-12-9-6-3)81-75(78)69-66-63-60-57-54-51-49-47-45-42-33-31-29-27-25-23-20-17-14-11-8-5-2/h15,18,72H,4-14,16-17,19-71H2,1-3H3/b18-15-. The summed E-state index contributed by atoms with van der Waals surface area (Å²) >= 11 is 0. The third-order valence-electron chi connectivity index (χ3n) is 17.3. The van der Waals surface area contributed by atoms with Crippen molar-refractivity contribution in [2.24, 2.45) is 0 Å². The maximum atomic E-state index is 12.9. The minimum absolute atomic E-state index is 0.0658. The van der Waals surface area contributed by atoms with Crippen molar-refractivity contribution in [1.29, 1.82) is 0 Å². The summed E-state index contributed by atoms with van der Waals surface area (Å²) in [7, 11) is 0. The molecule has 0 bridgehead atoms. The molecule has 1 unspecified atom stereocenters. The molecule has 81 heavy (non-hydrogen) atoms. The summed E-state index contributed by atoms with van der Waals surface area (Å²) in [6.07, 6.45) is 85.6. The number of allylic oxidation sites excluding steroid dienone is 2. The van der Waals surface area contributed by atoms with Gasteiger partial charge in [-0.2, -0.15) is 0 Å². The van der Waals surface area contributed by atoms with Crippen LogP contribution in [0.3, 0.4) is 0 Å². The fourth-order valence-corrected chi connectivity index (χ4v) is 11.7. The Morgan fingerprint density at radius 1 is 0.235 bits per heavy atom. The minimum atomic E-state index is -0.770. The van der Waals surface area contributed by atoms with Crippen molar-refractivity contribution < 1.29 is 28.6 Å². The predicted molar refractivity (Wildman–Crippen MR) is 353 cm³/mol. The molecule has 0 fully saturated rings. The zero-order valence-corrected chi connectivity index (χ0v) is 55.4. The number of carbonyl (C=O) groups excluding carboxylic acids is 3. The van der Waals surface area contributed by atoms with E-state index >= 15 is 0 Å². The first-order valence-corrected chi connectivity index (χ1v) is 37.2. The molecule has 6 nitrogen and oxygen atoms in total. The lowest BCUT2D eigenvalue weighted by molar-refractivity contribution is -0.167. The molecule has 0 aromatic rings. The molecular formula is C75H144O6. The van der Waals surface area contributed by atoms with E-state index in [1.165, 1.54) is 327 Å². The van der Waals surface area contributed by atoms with Gasteiger partial charge in [-0.1, -0.05) is 386 Å². The summed E-state index contributed by atoms with van der Waals surface area (Å²) in [4.78, 5) is 38.4. The van der Waals surface area contributed by atoms with Crippen LogP contribution < -0.4 is 0 Å². The largest absolute Gasteiger partial charge is 0.462 e. The number of carbonyl (C=O) groups is 3. The molecule has 0 amide bonds. The van der Waals surface area contributed by atoms with Crippen molar-refractivity contribution in [3.8, 4) is 0 Å². The van der Waals surface area contributed by atoms with Gasteiger partial charge in [-0.15, -0.1) is 0 Å². The van der Waals surface area contributed by atoms with Gasteiger partial charge in [-0.25, -0.2) is 0 Å². The molecule has 0 heterocycles. The van der Waals surface area contributed by atoms with Gasteiger partial charge in [-0.3, -0.25) is 14.4 Å². The van der Waals surface area contributed by atoms with Crippen molar-refractivity contribution in [1.82, 2.24) is 0 Å². The molecular weight excluding hydrogens is 997 g/mol. The van der Waals surface area contributed by atoms with Crippen LogP contribution in [0.25, 0.3) is 0 Å². The Labute approximate surface area is 507 Å². The second-order valence-electron chi connectivity index (χ2n) is 25.6. The van der Waals surface area contributed by atoms with E-state index in [0.29, 0.717) is 19.3 Å². The summed E-state index contributed by atoms with van der Waals surface area (Å²) in [5.41, 5.74) is 0. The molecule has 0 aromatic carbocycles. The number of hydrogen-bond donors (Lipinski definition) is 0. The highest BCUT2D eigenvalue weighted by Crippen LogP contribution is 2.20. The molecule has 0 saturated carbocycles. The molecule has 0 N–H and O–H groups in total. The van der Waals surface area contributed by atoms with E-state index in [2.05, 4.69) is 32.9 Å². The fourth-order valence-electron chi connectivity index (χ4n) is 11.7. The summed E-state index contributed by atoms with van der Waals surface area (Å²) in [5, 5.41) is 0. The molecule has 0 spiro atoms. The average Bonchev–Trinajstić information content (AvgIpc) is 3.47. The monoisotopic (exact) mass is 1140 g/mol. The molecule has 0 saturated heterocycles. The molecule has 1 atom stereocenters. The number of esters is 3. The number of hydrogen-bond acceptors (Lipinski definition) is 6. The molecule has 0 aromatic heterocycles. The van der Waals surface area contributed by atoms with Gasteiger partial charge in [0.1, 0.15) is 13.2 Å². The first-order valence-electron chi connectivity index (χ1n) is 37.2. The van der Waals surface area contributed by atoms with E-state index in [1.807, 2.05) is 0 Å². The van der Waals surface area contributed by atoms with Crippen LogP contribution in [0.2, 0.25) is 0 Å². The van der Waals surface area contributed by atoms with Gasteiger partial charge in [-0.05, 0) is 38.5 Å². The second kappa shape index (κ2) is 70.6. The van der Waals surface area contributed by atoms with Gasteiger partial charge in [0.25, 0.3) is 0 Å². The third kappa shape index (κ3) is 68.8. The van der Waals surface area contributed by atoms with Gasteiger partial charge in [0.05, 0.1) is 0 Å². The van der Waals surface area contributed by atoms with Crippen LogP contribution in [-0.4, -0.2) is 37.2 Å². The van der Waals surface area contributed by atoms with Gasteiger partial charge in [0, 0.05) is 19.3 Å². The summed E-state index contributed by atoms with van der Waals surface area (Å²) < 4.78 is 17.0. The Kier molecular flexibility index (Phi) is 69.0. The maximum absolute atomic E-state index is 12.9. The maximum Gasteiger partial charge on any atom is 0.306 e. The number of ether oxygens (including phenoxy) is 3. The molecule has 6 heteroatoms. The molecule has 0 rings (SSSR count). The zero-order chi connectivity index (χ0) is 58.5. The highest BCUT2D eigenvalue weighted by atomic mass is 16.6. The average molecular weight is 1140 g/mol. The second-order valence-corrected chi connectivity index (χ2v) is 25.6. The lowest BCUT2D eigenvalue weighted by Crippen LogP contribution is -2.30. The van der Waals surface area contributed by atoms with Crippen LogP contribution in [0.1, 0.15) is 432 Å². The first kappa shape index (κ1) is 79.2. The highest BCUT2D eigenvalue weighted by molar-refractivity contribution is 5.71. The minimum Gasteiger partial charge on any atom is -0.462 e. The lowest BCUT2D eigenvalue weighted by atomic mass is 10.0. The van der Waals surface area contributed by atoms with Crippen molar-refractivity contribution in [2.75, 3.05) is 13.2 Å². The topological polar surface area (TPSA) is 78.9 Å². The van der Waals surface area contributed by atoms with Crippen molar-refractivity contribution in [2.45, 2.75) is 438 Å². The molecule has 0 aliphatic rings. The van der Waals surface area contributed by atoms with E-state index < -0.39 is 6.10 Å². The molecule has 0 aliphatic heterocycles. The Balaban J connectivity index is 4.09. The van der Waals surface area contributed by atoms with E-state index in [9.17, 15) is 14.4 Å². The highest BCUT2D eigenvalue weighted by Gasteiger charge is 2.20. The van der Waals surface area contributed by atoms with E-state index in [-0.39, 0.29) is 31.1 Å². The summed E-state index contributed by atoms with van der Waals surface area (Å²) in [6, 6.07) is 0. The van der Waals surface area contributed by atoms with E-state index in [1.54, 1.807) is 0 Å². The van der Waals surface area contributed by atoms with Crippen LogP contribution in [-0.2, 0) is 28.6 Å². The molecule has 0 aliphatic carbocycles. The van der Waals surface area contributed by atoms with Gasteiger partial charge in [0.15, 0.2) is 6.10 Å². The Morgan fingerprint density at radius 2 is 0.420 bits per heavy atom. The lowest BCUT2D eigenvalue weighted by Gasteiger charge is -2.18. The zero-order valence-electron chi connectivity index (χ0n) is 55.4. The van der Waals surface area contributed by atoms with Crippen LogP contribution >= 0.6 is 0 Å². The van der Waals surface area contributed by atoms with E-state index in [0.717, 1.165) is 64.2 Å². The quantitative estimate of drug-likeness (QED) is 0.0261.